The molecule has 0 aromatic heterocycles. The number of rotatable bonds is 10. The number of esters is 3. The molecule has 0 fully saturated rings. The van der Waals surface area contributed by atoms with Gasteiger partial charge in [0.15, 0.2) is 0 Å². The molecule has 0 aliphatic rings. The van der Waals surface area contributed by atoms with Crippen molar-refractivity contribution >= 4 is 17.9 Å². The van der Waals surface area contributed by atoms with Gasteiger partial charge in [0, 0.05) is 17.7 Å². The molecule has 0 amide bonds. The third-order valence-corrected chi connectivity index (χ3v) is 3.16. The molecule has 0 aromatic carbocycles. The maximum atomic E-state index is 10.8. The average Bonchev–Trinajstić information content (AvgIpc) is 2.68. The molecule has 27 heavy (non-hydrogen) atoms. The summed E-state index contributed by atoms with van der Waals surface area (Å²) in [5.41, 5.74) is 0.433. The molecule has 0 aromatic rings. The molecule has 0 rings (SSSR count). The Kier molecular flexibility index (Phi) is 23.6. The van der Waals surface area contributed by atoms with Crippen LogP contribution in [0.5, 0.6) is 0 Å². The summed E-state index contributed by atoms with van der Waals surface area (Å²) in [7, 11) is 1.33. The van der Waals surface area contributed by atoms with Crippen LogP contribution in [0.25, 0.3) is 0 Å². The third-order valence-electron chi connectivity index (χ3n) is 3.16. The first-order valence-electron chi connectivity index (χ1n) is 9.05. The van der Waals surface area contributed by atoms with Crippen LogP contribution in [0.4, 0.5) is 0 Å². The van der Waals surface area contributed by atoms with Crippen molar-refractivity contribution in [1.82, 2.24) is 0 Å². The molecule has 0 saturated heterocycles. The van der Waals surface area contributed by atoms with Crippen molar-refractivity contribution in [3.63, 3.8) is 0 Å². The van der Waals surface area contributed by atoms with E-state index in [4.69, 9.17) is 4.74 Å². The minimum Gasteiger partial charge on any atom is -0.466 e. The highest BCUT2D eigenvalue weighted by molar-refractivity contribution is 5.86. The lowest BCUT2D eigenvalue weighted by atomic mass is 10.0. The molecule has 0 aliphatic carbocycles. The molecule has 1 atom stereocenters. The van der Waals surface area contributed by atoms with E-state index in [2.05, 4.69) is 43.1 Å². The smallest absolute Gasteiger partial charge is 0.332 e. The number of hydrogen-bond donors (Lipinski definition) is 0. The Morgan fingerprint density at radius 2 is 1.52 bits per heavy atom. The molecule has 0 bridgehead atoms. The van der Waals surface area contributed by atoms with Gasteiger partial charge in [-0.15, -0.1) is 0 Å². The van der Waals surface area contributed by atoms with Crippen LogP contribution in [0.3, 0.4) is 0 Å². The quantitative estimate of drug-likeness (QED) is 0.315. The monoisotopic (exact) mass is 384 g/mol. The summed E-state index contributed by atoms with van der Waals surface area (Å²) in [5, 5.41) is 0. The van der Waals surface area contributed by atoms with E-state index < -0.39 is 0 Å². The maximum Gasteiger partial charge on any atom is 0.332 e. The van der Waals surface area contributed by atoms with E-state index in [-0.39, 0.29) is 17.9 Å². The fourth-order valence-corrected chi connectivity index (χ4v) is 1.53. The van der Waals surface area contributed by atoms with E-state index in [0.717, 1.165) is 18.9 Å². The van der Waals surface area contributed by atoms with Gasteiger partial charge in [0.05, 0.1) is 20.3 Å². The zero-order valence-electron chi connectivity index (χ0n) is 17.5. The number of methoxy groups -OCH3 is 1. The highest BCUT2D eigenvalue weighted by Gasteiger charge is 2.07. The standard InChI is InChI=1S/C11H20O2.2C5H8O2/c1-4-7-8-10(5-2)9-13-11(12)6-3;1-4(2)5(6)7-3;1-3-5(6)7-4-2/h6,10H,3-5,7-9H2,1-2H3;1H2,2-3H3;3H,1,4H2,2H3. The number of carbonyl (C=O) groups is 3. The largest absolute Gasteiger partial charge is 0.466 e. The lowest BCUT2D eigenvalue weighted by Crippen LogP contribution is -2.12. The summed E-state index contributed by atoms with van der Waals surface area (Å²) in [6.07, 6.45) is 6.99. The number of unbranched alkanes of at least 4 members (excludes halogenated alkanes) is 1. The van der Waals surface area contributed by atoms with Gasteiger partial charge in [-0.3, -0.25) is 0 Å². The molecule has 0 heterocycles. The lowest BCUT2D eigenvalue weighted by Gasteiger charge is -2.13. The SMILES string of the molecule is C=C(C)C(=O)OC.C=CC(=O)OCC.C=CC(=O)OCC(CC)CCCC. The third kappa shape index (κ3) is 23.6. The van der Waals surface area contributed by atoms with Crippen molar-refractivity contribution in [2.24, 2.45) is 5.92 Å². The van der Waals surface area contributed by atoms with Crippen molar-refractivity contribution in [2.75, 3.05) is 20.3 Å². The molecule has 0 radical (unpaired) electrons. The molecule has 6 heteroatoms. The van der Waals surface area contributed by atoms with Gasteiger partial charge in [0.1, 0.15) is 0 Å². The van der Waals surface area contributed by atoms with E-state index in [1.807, 2.05) is 0 Å². The Labute approximate surface area is 164 Å². The normalized spacial score (nSPS) is 9.81. The number of ether oxygens (including phenoxy) is 3. The zero-order chi connectivity index (χ0) is 21.7. The second-order valence-electron chi connectivity index (χ2n) is 5.48. The Morgan fingerprint density at radius 1 is 1.00 bits per heavy atom. The van der Waals surface area contributed by atoms with Gasteiger partial charge in [0.2, 0.25) is 0 Å². The van der Waals surface area contributed by atoms with Gasteiger partial charge >= 0.3 is 17.9 Å². The van der Waals surface area contributed by atoms with Crippen LogP contribution in [-0.2, 0) is 28.6 Å². The Hall–Kier alpha value is -2.37. The minimum absolute atomic E-state index is 0.310. The van der Waals surface area contributed by atoms with E-state index in [1.54, 1.807) is 13.8 Å². The predicted molar refractivity (Wildman–Crippen MR) is 108 cm³/mol. The Bertz CT molecular complexity index is 452. The lowest BCUT2D eigenvalue weighted by molar-refractivity contribution is -0.139. The van der Waals surface area contributed by atoms with Crippen molar-refractivity contribution in [3.8, 4) is 0 Å². The molecule has 6 nitrogen and oxygen atoms in total. The highest BCUT2D eigenvalue weighted by atomic mass is 16.5. The number of carbonyl (C=O) groups excluding carboxylic acids is 3. The Morgan fingerprint density at radius 3 is 1.78 bits per heavy atom. The van der Waals surface area contributed by atoms with E-state index in [9.17, 15) is 14.4 Å². The number of hydrogen-bond acceptors (Lipinski definition) is 6. The van der Waals surface area contributed by atoms with Gasteiger partial charge in [-0.1, -0.05) is 52.8 Å². The summed E-state index contributed by atoms with van der Waals surface area (Å²) in [5.74, 6) is -0.499. The fourth-order valence-electron chi connectivity index (χ4n) is 1.53. The summed E-state index contributed by atoms with van der Waals surface area (Å²) in [6, 6.07) is 0. The van der Waals surface area contributed by atoms with Crippen LogP contribution >= 0.6 is 0 Å². The van der Waals surface area contributed by atoms with Crippen LogP contribution in [0.1, 0.15) is 53.4 Å². The van der Waals surface area contributed by atoms with Crippen LogP contribution in [0, 0.1) is 5.92 Å². The highest BCUT2D eigenvalue weighted by Crippen LogP contribution is 2.12. The van der Waals surface area contributed by atoms with Crippen molar-refractivity contribution < 1.29 is 28.6 Å². The van der Waals surface area contributed by atoms with Crippen molar-refractivity contribution in [3.05, 3.63) is 37.5 Å². The van der Waals surface area contributed by atoms with Gasteiger partial charge < -0.3 is 14.2 Å². The second-order valence-corrected chi connectivity index (χ2v) is 5.48. The van der Waals surface area contributed by atoms with Gasteiger partial charge in [-0.05, 0) is 26.2 Å². The van der Waals surface area contributed by atoms with Gasteiger partial charge in [0.25, 0.3) is 0 Å². The summed E-state index contributed by atoms with van der Waals surface area (Å²) in [4.78, 5) is 31.0. The zero-order valence-corrected chi connectivity index (χ0v) is 17.5. The summed E-state index contributed by atoms with van der Waals surface area (Å²) < 4.78 is 13.7. The second kappa shape index (κ2) is 21.7. The first-order valence-corrected chi connectivity index (χ1v) is 9.05. The fraction of sp³-hybridized carbons (Fsp3) is 0.571. The van der Waals surface area contributed by atoms with E-state index in [0.29, 0.717) is 24.7 Å². The minimum atomic E-state index is -0.359. The molecule has 0 spiro atoms. The van der Waals surface area contributed by atoms with Crippen molar-refractivity contribution in [2.45, 2.75) is 53.4 Å². The Balaban J connectivity index is -0.000000350. The molecular formula is C21H36O6. The van der Waals surface area contributed by atoms with Gasteiger partial charge in [-0.2, -0.15) is 0 Å². The summed E-state index contributed by atoms with van der Waals surface area (Å²) >= 11 is 0. The van der Waals surface area contributed by atoms with Crippen LogP contribution < -0.4 is 0 Å². The summed E-state index contributed by atoms with van der Waals surface area (Å²) in [6.45, 7) is 18.5. The molecular weight excluding hydrogens is 348 g/mol. The van der Waals surface area contributed by atoms with Gasteiger partial charge in [-0.25, -0.2) is 14.4 Å². The molecule has 156 valence electrons. The molecule has 1 unspecified atom stereocenters. The molecule has 0 N–H and O–H groups in total. The maximum absolute atomic E-state index is 10.8. The topological polar surface area (TPSA) is 78.9 Å². The van der Waals surface area contributed by atoms with Crippen LogP contribution in [-0.4, -0.2) is 38.2 Å². The first kappa shape index (κ1) is 29.4. The molecule has 0 aliphatic heterocycles. The van der Waals surface area contributed by atoms with E-state index in [1.165, 1.54) is 26.0 Å². The predicted octanol–water partition coefficient (Wildman–Crippen LogP) is 4.40. The average molecular weight is 385 g/mol. The van der Waals surface area contributed by atoms with Crippen LogP contribution in [0.15, 0.2) is 37.5 Å². The van der Waals surface area contributed by atoms with Crippen molar-refractivity contribution in [1.29, 1.82) is 0 Å². The van der Waals surface area contributed by atoms with E-state index >= 15 is 0 Å². The molecule has 0 saturated carbocycles. The first-order chi connectivity index (χ1) is 12.7. The van der Waals surface area contributed by atoms with Crippen LogP contribution in [0.2, 0.25) is 0 Å².